The van der Waals surface area contributed by atoms with E-state index in [1.165, 1.54) is 0 Å². The highest BCUT2D eigenvalue weighted by molar-refractivity contribution is 7.19. The molecule has 0 spiro atoms. The summed E-state index contributed by atoms with van der Waals surface area (Å²) in [5.74, 6) is -0.133. The molecular formula is C16H18ClNO3S. The van der Waals surface area contributed by atoms with E-state index >= 15 is 0 Å². The Balaban J connectivity index is 1.46. The van der Waals surface area contributed by atoms with E-state index in [-0.39, 0.29) is 18.6 Å². The van der Waals surface area contributed by atoms with Crippen LogP contribution in [0.4, 0.5) is 0 Å². The van der Waals surface area contributed by atoms with Crippen molar-refractivity contribution in [3.63, 3.8) is 0 Å². The van der Waals surface area contributed by atoms with Crippen molar-refractivity contribution in [2.24, 2.45) is 0 Å². The summed E-state index contributed by atoms with van der Waals surface area (Å²) in [4.78, 5) is 12.8. The van der Waals surface area contributed by atoms with Crippen molar-refractivity contribution >= 4 is 38.9 Å². The lowest BCUT2D eigenvalue weighted by atomic mass is 10.2. The van der Waals surface area contributed by atoms with Gasteiger partial charge in [0.1, 0.15) is 6.61 Å². The van der Waals surface area contributed by atoms with Gasteiger partial charge in [-0.15, -0.1) is 11.3 Å². The van der Waals surface area contributed by atoms with Gasteiger partial charge >= 0.3 is 0 Å². The lowest BCUT2D eigenvalue weighted by Gasteiger charge is -2.10. The second-order valence-electron chi connectivity index (χ2n) is 5.26. The molecule has 1 fully saturated rings. The number of carbonyl (C=O) groups excluding carboxylic acids is 1. The van der Waals surface area contributed by atoms with Crippen molar-refractivity contribution in [2.45, 2.75) is 25.5 Å². The number of amides is 1. The van der Waals surface area contributed by atoms with Crippen LogP contribution >= 0.6 is 22.9 Å². The Hall–Kier alpha value is -1.14. The summed E-state index contributed by atoms with van der Waals surface area (Å²) in [7, 11) is 0. The van der Waals surface area contributed by atoms with Gasteiger partial charge in [0, 0.05) is 21.6 Å². The molecule has 0 aliphatic carbocycles. The first-order valence-electron chi connectivity index (χ1n) is 7.36. The van der Waals surface area contributed by atoms with Crippen LogP contribution in [-0.2, 0) is 20.8 Å². The summed E-state index contributed by atoms with van der Waals surface area (Å²) in [5, 5.41) is 4.61. The van der Waals surface area contributed by atoms with Crippen LogP contribution in [-0.4, -0.2) is 31.8 Å². The monoisotopic (exact) mass is 339 g/mol. The molecule has 1 unspecified atom stereocenters. The van der Waals surface area contributed by atoms with Gasteiger partial charge in [0.05, 0.1) is 24.3 Å². The summed E-state index contributed by atoms with van der Waals surface area (Å²) >= 11 is 7.95. The SMILES string of the molecule is O=C(COCC1CCCO1)NCc1sc2ccccc2c1Cl. The molecule has 6 heteroatoms. The zero-order valence-corrected chi connectivity index (χ0v) is 13.7. The van der Waals surface area contributed by atoms with Crippen LogP contribution < -0.4 is 5.32 Å². The van der Waals surface area contributed by atoms with Gasteiger partial charge in [0.15, 0.2) is 0 Å². The van der Waals surface area contributed by atoms with Crippen LogP contribution in [0.15, 0.2) is 24.3 Å². The van der Waals surface area contributed by atoms with E-state index in [0.29, 0.717) is 13.2 Å². The average Bonchev–Trinajstić information content (AvgIpc) is 3.14. The number of carbonyl (C=O) groups is 1. The van der Waals surface area contributed by atoms with E-state index in [4.69, 9.17) is 21.1 Å². The van der Waals surface area contributed by atoms with Gasteiger partial charge in [-0.05, 0) is 18.9 Å². The van der Waals surface area contributed by atoms with E-state index < -0.39 is 0 Å². The zero-order valence-electron chi connectivity index (χ0n) is 12.1. The third kappa shape index (κ3) is 3.79. The molecule has 3 rings (SSSR count). The van der Waals surface area contributed by atoms with Crippen LogP contribution in [0, 0.1) is 0 Å². The van der Waals surface area contributed by atoms with Crippen molar-refractivity contribution in [3.8, 4) is 0 Å². The summed E-state index contributed by atoms with van der Waals surface area (Å²) in [6, 6.07) is 7.96. The highest BCUT2D eigenvalue weighted by atomic mass is 35.5. The molecule has 1 aromatic heterocycles. The topological polar surface area (TPSA) is 47.6 Å². The smallest absolute Gasteiger partial charge is 0.246 e. The number of halogens is 1. The number of ether oxygens (including phenoxy) is 2. The molecule has 1 N–H and O–H groups in total. The van der Waals surface area contributed by atoms with Gasteiger partial charge in [-0.25, -0.2) is 0 Å². The largest absolute Gasteiger partial charge is 0.376 e. The Kier molecular flexibility index (Phi) is 5.31. The molecule has 4 nitrogen and oxygen atoms in total. The lowest BCUT2D eigenvalue weighted by molar-refractivity contribution is -0.126. The van der Waals surface area contributed by atoms with E-state index in [0.717, 1.165) is 39.4 Å². The van der Waals surface area contributed by atoms with Crippen LogP contribution in [0.3, 0.4) is 0 Å². The minimum absolute atomic E-state index is 0.0579. The van der Waals surface area contributed by atoms with Crippen LogP contribution in [0.25, 0.3) is 10.1 Å². The lowest BCUT2D eigenvalue weighted by Crippen LogP contribution is -2.28. The minimum atomic E-state index is -0.133. The summed E-state index contributed by atoms with van der Waals surface area (Å²) in [5.41, 5.74) is 0. The Morgan fingerprint density at radius 1 is 1.45 bits per heavy atom. The molecule has 1 aromatic carbocycles. The Bertz CT molecular complexity index is 652. The van der Waals surface area contributed by atoms with Crippen LogP contribution in [0.1, 0.15) is 17.7 Å². The second-order valence-corrected chi connectivity index (χ2v) is 6.78. The molecule has 2 heterocycles. The number of hydrogen-bond acceptors (Lipinski definition) is 4. The molecule has 1 atom stereocenters. The molecule has 118 valence electrons. The number of thiophene rings is 1. The fraction of sp³-hybridized carbons (Fsp3) is 0.438. The van der Waals surface area contributed by atoms with Gasteiger partial charge in [0.25, 0.3) is 0 Å². The van der Waals surface area contributed by atoms with Crippen molar-refractivity contribution in [2.75, 3.05) is 19.8 Å². The van der Waals surface area contributed by atoms with Gasteiger partial charge in [0.2, 0.25) is 5.91 Å². The normalized spacial score (nSPS) is 18.0. The van der Waals surface area contributed by atoms with Gasteiger partial charge in [-0.1, -0.05) is 29.8 Å². The Morgan fingerprint density at radius 2 is 2.32 bits per heavy atom. The third-order valence-corrected chi connectivity index (χ3v) is 5.32. The number of hydrogen-bond donors (Lipinski definition) is 1. The van der Waals surface area contributed by atoms with E-state index in [9.17, 15) is 4.79 Å². The molecular weight excluding hydrogens is 322 g/mol. The molecule has 1 aliphatic heterocycles. The quantitative estimate of drug-likeness (QED) is 0.877. The number of rotatable bonds is 6. The van der Waals surface area contributed by atoms with E-state index in [1.807, 2.05) is 24.3 Å². The summed E-state index contributed by atoms with van der Waals surface area (Å²) in [6.07, 6.45) is 2.23. The maximum atomic E-state index is 11.8. The first-order chi connectivity index (χ1) is 10.7. The molecule has 1 aliphatic rings. The van der Waals surface area contributed by atoms with Crippen molar-refractivity contribution in [1.29, 1.82) is 0 Å². The van der Waals surface area contributed by atoms with E-state index in [1.54, 1.807) is 11.3 Å². The van der Waals surface area contributed by atoms with Crippen molar-refractivity contribution in [3.05, 3.63) is 34.2 Å². The predicted octanol–water partition coefficient (Wildman–Crippen LogP) is 3.37. The van der Waals surface area contributed by atoms with Crippen LogP contribution in [0.5, 0.6) is 0 Å². The predicted molar refractivity (Wildman–Crippen MR) is 88.5 cm³/mol. The van der Waals surface area contributed by atoms with Gasteiger partial charge < -0.3 is 14.8 Å². The average molecular weight is 340 g/mol. The maximum Gasteiger partial charge on any atom is 0.246 e. The fourth-order valence-electron chi connectivity index (χ4n) is 2.47. The fourth-order valence-corrected chi connectivity index (χ4v) is 3.91. The Labute approximate surface area is 138 Å². The summed E-state index contributed by atoms with van der Waals surface area (Å²) < 4.78 is 12.0. The van der Waals surface area contributed by atoms with E-state index in [2.05, 4.69) is 5.32 Å². The van der Waals surface area contributed by atoms with Gasteiger partial charge in [-0.3, -0.25) is 4.79 Å². The molecule has 1 saturated heterocycles. The highest BCUT2D eigenvalue weighted by Gasteiger charge is 2.16. The highest BCUT2D eigenvalue weighted by Crippen LogP contribution is 2.34. The molecule has 2 aromatic rings. The Morgan fingerprint density at radius 3 is 3.09 bits per heavy atom. The number of nitrogens with one attached hydrogen (secondary N) is 1. The van der Waals surface area contributed by atoms with Gasteiger partial charge in [-0.2, -0.15) is 0 Å². The first-order valence-corrected chi connectivity index (χ1v) is 8.55. The third-order valence-electron chi connectivity index (χ3n) is 3.61. The molecule has 0 bridgehead atoms. The molecule has 22 heavy (non-hydrogen) atoms. The number of fused-ring (bicyclic) bond motifs is 1. The standard InChI is InChI=1S/C16H18ClNO3S/c17-16-12-5-1-2-6-13(12)22-14(16)8-18-15(19)10-20-9-11-4-3-7-21-11/h1-2,5-6,11H,3-4,7-10H2,(H,18,19). The molecule has 0 saturated carbocycles. The maximum absolute atomic E-state index is 11.8. The molecule has 1 amide bonds. The second kappa shape index (κ2) is 7.42. The van der Waals surface area contributed by atoms with Crippen LogP contribution in [0.2, 0.25) is 5.02 Å². The van der Waals surface area contributed by atoms with Crippen molar-refractivity contribution < 1.29 is 14.3 Å². The first kappa shape index (κ1) is 15.7. The number of benzene rings is 1. The molecule has 0 radical (unpaired) electrons. The summed E-state index contributed by atoms with van der Waals surface area (Å²) in [6.45, 7) is 1.77. The zero-order chi connectivity index (χ0) is 15.4. The minimum Gasteiger partial charge on any atom is -0.376 e. The van der Waals surface area contributed by atoms with Crippen molar-refractivity contribution in [1.82, 2.24) is 5.32 Å².